The van der Waals surface area contributed by atoms with Crippen LogP contribution >= 0.6 is 11.6 Å². The first-order valence-electron chi connectivity index (χ1n) is 7.00. The third-order valence-corrected chi connectivity index (χ3v) is 4.27. The number of hydrogen-bond acceptors (Lipinski definition) is 6. The molecule has 0 fully saturated rings. The zero-order valence-electron chi connectivity index (χ0n) is 12.7. The number of benzene rings is 1. The number of pyridine rings is 1. The van der Waals surface area contributed by atoms with E-state index >= 15 is 0 Å². The zero-order chi connectivity index (χ0) is 17.2. The Kier molecular flexibility index (Phi) is 4.50. The molecule has 7 nitrogen and oxygen atoms in total. The van der Waals surface area contributed by atoms with Crippen molar-refractivity contribution >= 4 is 27.6 Å². The van der Waals surface area contributed by atoms with E-state index in [0.717, 1.165) is 15.9 Å². The minimum Gasteiger partial charge on any atom is -0.349 e. The lowest BCUT2D eigenvalue weighted by Crippen LogP contribution is -2.16. The van der Waals surface area contributed by atoms with Gasteiger partial charge < -0.3 is 5.32 Å². The third-order valence-electron chi connectivity index (χ3n) is 3.15. The highest BCUT2D eigenvalue weighted by Gasteiger charge is 2.18. The second kappa shape index (κ2) is 6.58. The highest BCUT2D eigenvalue weighted by atomic mass is 35.5. The van der Waals surface area contributed by atoms with Gasteiger partial charge in [-0.2, -0.15) is 4.98 Å². The first kappa shape index (κ1) is 16.4. The molecule has 24 heavy (non-hydrogen) atoms. The van der Waals surface area contributed by atoms with E-state index in [1.807, 2.05) is 12.1 Å². The summed E-state index contributed by atoms with van der Waals surface area (Å²) in [5.74, 6) is 0.415. The van der Waals surface area contributed by atoms with Crippen molar-refractivity contribution in [1.29, 1.82) is 0 Å². The molecule has 0 saturated heterocycles. The van der Waals surface area contributed by atoms with E-state index in [4.69, 9.17) is 11.6 Å². The molecule has 0 amide bonds. The number of nitrogens with one attached hydrogen (secondary N) is 1. The molecule has 0 atom stereocenters. The summed E-state index contributed by atoms with van der Waals surface area (Å²) in [5, 5.41) is 7.66. The van der Waals surface area contributed by atoms with Gasteiger partial charge in [0.25, 0.3) is 10.0 Å². The minimum absolute atomic E-state index is 0.135. The maximum absolute atomic E-state index is 11.9. The third kappa shape index (κ3) is 3.72. The van der Waals surface area contributed by atoms with E-state index in [-0.39, 0.29) is 11.8 Å². The molecule has 1 N–H and O–H groups in total. The van der Waals surface area contributed by atoms with Crippen LogP contribution in [-0.4, -0.2) is 33.8 Å². The first-order chi connectivity index (χ1) is 11.4. The van der Waals surface area contributed by atoms with Gasteiger partial charge in [-0.3, -0.25) is 4.98 Å². The smallest absolute Gasteiger partial charge is 0.254 e. The molecule has 0 aliphatic rings. The SMILES string of the molecule is CS(=O)(=O)n1nc(-c2cccnc2)nc1NCc1cccc(Cl)c1. The second-order valence-corrected chi connectivity index (χ2v) is 7.34. The Morgan fingerprint density at radius 1 is 1.25 bits per heavy atom. The average Bonchev–Trinajstić information content (AvgIpc) is 2.98. The Hall–Kier alpha value is -2.45. The number of rotatable bonds is 5. The number of nitrogens with zero attached hydrogens (tertiary/aromatic N) is 4. The van der Waals surface area contributed by atoms with Crippen molar-refractivity contribution in [3.05, 3.63) is 59.4 Å². The van der Waals surface area contributed by atoms with E-state index in [0.29, 0.717) is 17.1 Å². The van der Waals surface area contributed by atoms with Crippen molar-refractivity contribution in [2.24, 2.45) is 0 Å². The molecule has 0 unspecified atom stereocenters. The summed E-state index contributed by atoms with van der Waals surface area (Å²) in [7, 11) is -3.60. The predicted octanol–water partition coefficient (Wildman–Crippen LogP) is 2.41. The van der Waals surface area contributed by atoms with Crippen LogP contribution in [0.2, 0.25) is 5.02 Å². The molecular weight excluding hydrogens is 350 g/mol. The Balaban J connectivity index is 1.93. The van der Waals surface area contributed by atoms with Crippen LogP contribution in [0.5, 0.6) is 0 Å². The molecule has 0 aliphatic carbocycles. The molecule has 0 radical (unpaired) electrons. The van der Waals surface area contributed by atoms with Gasteiger partial charge in [0, 0.05) is 29.5 Å². The number of anilines is 1. The maximum atomic E-state index is 11.9. The van der Waals surface area contributed by atoms with Crippen molar-refractivity contribution in [1.82, 2.24) is 19.2 Å². The van der Waals surface area contributed by atoms with Gasteiger partial charge in [-0.25, -0.2) is 8.42 Å². The Bertz CT molecular complexity index is 957. The highest BCUT2D eigenvalue weighted by Crippen LogP contribution is 2.19. The van der Waals surface area contributed by atoms with E-state index in [1.54, 1.807) is 36.7 Å². The van der Waals surface area contributed by atoms with Crippen LogP contribution in [-0.2, 0) is 16.6 Å². The first-order valence-corrected chi connectivity index (χ1v) is 9.22. The van der Waals surface area contributed by atoms with Gasteiger partial charge in [0.2, 0.25) is 5.95 Å². The van der Waals surface area contributed by atoms with E-state index in [9.17, 15) is 8.42 Å². The fourth-order valence-electron chi connectivity index (χ4n) is 2.08. The van der Waals surface area contributed by atoms with Crippen LogP contribution in [0, 0.1) is 0 Å². The highest BCUT2D eigenvalue weighted by molar-refractivity contribution is 7.89. The standard InChI is InChI=1S/C15H14ClN5O2S/c1-24(22,23)21-15(18-9-11-4-2-6-13(16)8-11)19-14(20-21)12-5-3-7-17-10-12/h2-8,10H,9H2,1H3,(H,18,19,20). The van der Waals surface area contributed by atoms with Gasteiger partial charge in [-0.1, -0.05) is 23.7 Å². The molecule has 3 aromatic rings. The molecule has 9 heteroatoms. The van der Waals surface area contributed by atoms with Gasteiger partial charge in [0.05, 0.1) is 6.26 Å². The number of aromatic nitrogens is 4. The van der Waals surface area contributed by atoms with E-state index in [1.165, 1.54) is 0 Å². The van der Waals surface area contributed by atoms with Gasteiger partial charge in [-0.15, -0.1) is 9.19 Å². The number of hydrogen-bond donors (Lipinski definition) is 1. The number of halogens is 1. The molecule has 0 bridgehead atoms. The lowest BCUT2D eigenvalue weighted by Gasteiger charge is -2.06. The Morgan fingerprint density at radius 2 is 2.08 bits per heavy atom. The molecule has 2 aromatic heterocycles. The summed E-state index contributed by atoms with van der Waals surface area (Å²) in [6.07, 6.45) is 4.26. The van der Waals surface area contributed by atoms with Crippen LogP contribution in [0.1, 0.15) is 5.56 Å². The van der Waals surface area contributed by atoms with Crippen LogP contribution in [0.4, 0.5) is 5.95 Å². The molecule has 0 spiro atoms. The summed E-state index contributed by atoms with van der Waals surface area (Å²) in [6.45, 7) is 0.362. The zero-order valence-corrected chi connectivity index (χ0v) is 14.3. The maximum Gasteiger partial charge on any atom is 0.254 e. The van der Waals surface area contributed by atoms with Crippen LogP contribution in [0.15, 0.2) is 48.8 Å². The van der Waals surface area contributed by atoms with Gasteiger partial charge in [-0.05, 0) is 29.8 Å². The summed E-state index contributed by atoms with van der Waals surface area (Å²) in [6, 6.07) is 10.7. The van der Waals surface area contributed by atoms with Crippen LogP contribution in [0.25, 0.3) is 11.4 Å². The van der Waals surface area contributed by atoms with Crippen molar-refractivity contribution in [2.75, 3.05) is 11.6 Å². The lowest BCUT2D eigenvalue weighted by molar-refractivity contribution is 0.587. The second-order valence-electron chi connectivity index (χ2n) is 5.09. The van der Waals surface area contributed by atoms with E-state index in [2.05, 4.69) is 20.4 Å². The summed E-state index contributed by atoms with van der Waals surface area (Å²) in [5.41, 5.74) is 1.53. The van der Waals surface area contributed by atoms with Crippen molar-refractivity contribution in [2.45, 2.75) is 6.54 Å². The molecular formula is C15H14ClN5O2S. The molecule has 124 valence electrons. The molecule has 0 saturated carbocycles. The predicted molar refractivity (Wildman–Crippen MR) is 92.3 cm³/mol. The topological polar surface area (TPSA) is 89.8 Å². The van der Waals surface area contributed by atoms with Gasteiger partial charge in [0.15, 0.2) is 5.82 Å². The summed E-state index contributed by atoms with van der Waals surface area (Å²) < 4.78 is 24.8. The molecule has 2 heterocycles. The lowest BCUT2D eigenvalue weighted by atomic mass is 10.2. The molecule has 1 aromatic carbocycles. The normalized spacial score (nSPS) is 11.4. The minimum atomic E-state index is -3.60. The molecule has 0 aliphatic heterocycles. The summed E-state index contributed by atoms with van der Waals surface area (Å²) in [4.78, 5) is 8.26. The van der Waals surface area contributed by atoms with Crippen LogP contribution < -0.4 is 5.32 Å². The average molecular weight is 364 g/mol. The van der Waals surface area contributed by atoms with Crippen molar-refractivity contribution in [3.63, 3.8) is 0 Å². The monoisotopic (exact) mass is 363 g/mol. The Morgan fingerprint density at radius 3 is 2.75 bits per heavy atom. The molecule has 3 rings (SSSR count). The quantitative estimate of drug-likeness (QED) is 0.748. The van der Waals surface area contributed by atoms with Gasteiger partial charge in [0.1, 0.15) is 0 Å². The van der Waals surface area contributed by atoms with Crippen molar-refractivity contribution in [3.8, 4) is 11.4 Å². The summed E-state index contributed by atoms with van der Waals surface area (Å²) >= 11 is 5.95. The Labute approximate surface area is 144 Å². The fraction of sp³-hybridized carbons (Fsp3) is 0.133. The van der Waals surface area contributed by atoms with Crippen LogP contribution in [0.3, 0.4) is 0 Å². The van der Waals surface area contributed by atoms with E-state index < -0.39 is 10.0 Å². The largest absolute Gasteiger partial charge is 0.349 e. The van der Waals surface area contributed by atoms with Gasteiger partial charge >= 0.3 is 0 Å². The fourth-order valence-corrected chi connectivity index (χ4v) is 2.94. The van der Waals surface area contributed by atoms with Crippen molar-refractivity contribution < 1.29 is 8.42 Å².